The average Bonchev–Trinajstić information content (AvgIpc) is 2.25. The molecule has 15 heavy (non-hydrogen) atoms. The van der Waals surface area contributed by atoms with E-state index in [4.69, 9.17) is 4.74 Å². The molecule has 2 aromatic rings. The van der Waals surface area contributed by atoms with Crippen LogP contribution in [0.25, 0.3) is 0 Å². The summed E-state index contributed by atoms with van der Waals surface area (Å²) < 4.78 is 6.69. The van der Waals surface area contributed by atoms with Crippen LogP contribution in [0.4, 0.5) is 0 Å². The van der Waals surface area contributed by atoms with Crippen LogP contribution in [0.2, 0.25) is 0 Å². The van der Waals surface area contributed by atoms with Gasteiger partial charge in [-0.3, -0.25) is 0 Å². The van der Waals surface area contributed by atoms with Crippen LogP contribution in [0.3, 0.4) is 0 Å². The Balaban J connectivity index is 2.15. The summed E-state index contributed by atoms with van der Waals surface area (Å²) in [6.07, 6.45) is 0. The number of hydrogen-bond acceptors (Lipinski definition) is 3. The Hall–Kier alpha value is -1.17. The summed E-state index contributed by atoms with van der Waals surface area (Å²) in [4.78, 5) is 0. The van der Waals surface area contributed by atoms with Gasteiger partial charge in [-0.2, -0.15) is 5.10 Å². The molecule has 0 atom stereocenters. The van der Waals surface area contributed by atoms with Gasteiger partial charge in [0.05, 0.1) is 5.69 Å². The molecule has 0 saturated heterocycles. The highest BCUT2D eigenvalue weighted by Crippen LogP contribution is 2.19. The first-order valence-electron chi connectivity index (χ1n) is 4.48. The molecule has 1 aromatic carbocycles. The van der Waals surface area contributed by atoms with E-state index >= 15 is 0 Å². The van der Waals surface area contributed by atoms with Gasteiger partial charge in [0.2, 0.25) is 5.88 Å². The lowest BCUT2D eigenvalue weighted by atomic mass is 10.3. The van der Waals surface area contributed by atoms with E-state index in [0.29, 0.717) is 5.88 Å². The van der Waals surface area contributed by atoms with Crippen LogP contribution in [-0.2, 0) is 0 Å². The maximum Gasteiger partial charge on any atom is 0.238 e. The minimum atomic E-state index is 0.516. The van der Waals surface area contributed by atoms with Crippen molar-refractivity contribution >= 4 is 22.6 Å². The standard InChI is InChI=1S/C11H9IN2O/c1-8-2-7-11(14-13-8)15-10-5-3-9(12)4-6-10/h2-7H,1H3. The van der Waals surface area contributed by atoms with Crippen molar-refractivity contribution in [3.63, 3.8) is 0 Å². The molecule has 0 aliphatic heterocycles. The van der Waals surface area contributed by atoms with Gasteiger partial charge in [-0.15, -0.1) is 5.10 Å². The van der Waals surface area contributed by atoms with Crippen LogP contribution in [-0.4, -0.2) is 10.2 Å². The van der Waals surface area contributed by atoms with Crippen LogP contribution in [0.15, 0.2) is 36.4 Å². The Morgan fingerprint density at radius 3 is 2.33 bits per heavy atom. The third-order valence-electron chi connectivity index (χ3n) is 1.81. The van der Waals surface area contributed by atoms with Crippen molar-refractivity contribution in [2.45, 2.75) is 6.92 Å². The molecule has 0 aliphatic carbocycles. The predicted molar refractivity (Wildman–Crippen MR) is 66.0 cm³/mol. The first-order chi connectivity index (χ1) is 7.24. The van der Waals surface area contributed by atoms with Crippen LogP contribution in [0.5, 0.6) is 11.6 Å². The Morgan fingerprint density at radius 1 is 1.00 bits per heavy atom. The second-order valence-electron chi connectivity index (χ2n) is 3.07. The van der Waals surface area contributed by atoms with Crippen molar-refractivity contribution in [3.05, 3.63) is 45.7 Å². The first kappa shape index (κ1) is 10.4. The predicted octanol–water partition coefficient (Wildman–Crippen LogP) is 3.18. The molecule has 0 aliphatic rings. The molecule has 0 unspecified atom stereocenters. The molecular formula is C11H9IN2O. The molecule has 76 valence electrons. The fraction of sp³-hybridized carbons (Fsp3) is 0.0909. The molecule has 0 bridgehead atoms. The monoisotopic (exact) mass is 312 g/mol. The van der Waals surface area contributed by atoms with Crippen LogP contribution >= 0.6 is 22.6 Å². The molecule has 0 fully saturated rings. The molecule has 0 amide bonds. The molecule has 4 heteroatoms. The van der Waals surface area contributed by atoms with Crippen molar-refractivity contribution < 1.29 is 4.74 Å². The second-order valence-corrected chi connectivity index (χ2v) is 4.31. The lowest BCUT2D eigenvalue weighted by Gasteiger charge is -2.03. The maximum absolute atomic E-state index is 5.51. The third-order valence-corrected chi connectivity index (χ3v) is 2.53. The summed E-state index contributed by atoms with van der Waals surface area (Å²) in [7, 11) is 0. The lowest BCUT2D eigenvalue weighted by Crippen LogP contribution is -1.91. The smallest absolute Gasteiger partial charge is 0.238 e. The highest BCUT2D eigenvalue weighted by molar-refractivity contribution is 14.1. The van der Waals surface area contributed by atoms with Gasteiger partial charge in [-0.1, -0.05) is 0 Å². The van der Waals surface area contributed by atoms with Gasteiger partial charge in [0, 0.05) is 9.64 Å². The van der Waals surface area contributed by atoms with Gasteiger partial charge in [-0.05, 0) is 59.8 Å². The van der Waals surface area contributed by atoms with Crippen molar-refractivity contribution in [3.8, 4) is 11.6 Å². The minimum Gasteiger partial charge on any atom is -0.438 e. The number of benzene rings is 1. The molecule has 0 spiro atoms. The number of ether oxygens (including phenoxy) is 1. The van der Waals surface area contributed by atoms with Crippen molar-refractivity contribution in [1.82, 2.24) is 10.2 Å². The zero-order chi connectivity index (χ0) is 10.7. The van der Waals surface area contributed by atoms with Crippen molar-refractivity contribution in [2.75, 3.05) is 0 Å². The number of hydrogen-bond donors (Lipinski definition) is 0. The Morgan fingerprint density at radius 2 is 1.73 bits per heavy atom. The summed E-state index contributed by atoms with van der Waals surface area (Å²) >= 11 is 2.25. The fourth-order valence-corrected chi connectivity index (χ4v) is 1.42. The van der Waals surface area contributed by atoms with E-state index < -0.39 is 0 Å². The second kappa shape index (κ2) is 4.57. The third kappa shape index (κ3) is 2.89. The van der Waals surface area contributed by atoms with E-state index in [9.17, 15) is 0 Å². The molecule has 2 rings (SSSR count). The molecule has 3 nitrogen and oxygen atoms in total. The molecular weight excluding hydrogens is 303 g/mol. The van der Waals surface area contributed by atoms with E-state index in [2.05, 4.69) is 32.8 Å². The topological polar surface area (TPSA) is 35.0 Å². The van der Waals surface area contributed by atoms with Gasteiger partial charge in [0.1, 0.15) is 5.75 Å². The average molecular weight is 312 g/mol. The SMILES string of the molecule is Cc1ccc(Oc2ccc(I)cc2)nn1. The van der Waals surface area contributed by atoms with Crippen LogP contribution in [0.1, 0.15) is 5.69 Å². The summed E-state index contributed by atoms with van der Waals surface area (Å²) in [6.45, 7) is 1.89. The van der Waals surface area contributed by atoms with E-state index in [1.165, 1.54) is 3.57 Å². The van der Waals surface area contributed by atoms with Gasteiger partial charge in [0.15, 0.2) is 0 Å². The summed E-state index contributed by atoms with van der Waals surface area (Å²) in [5.74, 6) is 1.29. The summed E-state index contributed by atoms with van der Waals surface area (Å²) in [5, 5.41) is 7.84. The fourth-order valence-electron chi connectivity index (χ4n) is 1.06. The first-order valence-corrected chi connectivity index (χ1v) is 5.56. The highest BCUT2D eigenvalue weighted by atomic mass is 127. The van der Waals surface area contributed by atoms with Gasteiger partial charge >= 0.3 is 0 Å². The molecule has 1 aromatic heterocycles. The Labute approximate surface area is 102 Å². The van der Waals surface area contributed by atoms with Crippen molar-refractivity contribution in [2.24, 2.45) is 0 Å². The van der Waals surface area contributed by atoms with Gasteiger partial charge < -0.3 is 4.74 Å². The number of nitrogens with zero attached hydrogens (tertiary/aromatic N) is 2. The van der Waals surface area contributed by atoms with E-state index in [-0.39, 0.29) is 0 Å². The summed E-state index contributed by atoms with van der Waals surface area (Å²) in [5.41, 5.74) is 0.880. The zero-order valence-electron chi connectivity index (χ0n) is 8.14. The molecule has 0 radical (unpaired) electrons. The van der Waals surface area contributed by atoms with E-state index in [1.54, 1.807) is 6.07 Å². The van der Waals surface area contributed by atoms with E-state index in [1.807, 2.05) is 37.3 Å². The Kier molecular flexibility index (Phi) is 3.15. The number of rotatable bonds is 2. The lowest BCUT2D eigenvalue weighted by molar-refractivity contribution is 0.454. The molecule has 0 saturated carbocycles. The normalized spacial score (nSPS) is 10.0. The Bertz CT molecular complexity index is 396. The van der Waals surface area contributed by atoms with Gasteiger partial charge in [-0.25, -0.2) is 0 Å². The number of halogens is 1. The largest absolute Gasteiger partial charge is 0.438 e. The highest BCUT2D eigenvalue weighted by Gasteiger charge is 1.98. The number of aromatic nitrogens is 2. The maximum atomic E-state index is 5.51. The minimum absolute atomic E-state index is 0.516. The van der Waals surface area contributed by atoms with Gasteiger partial charge in [0.25, 0.3) is 0 Å². The van der Waals surface area contributed by atoms with Crippen LogP contribution < -0.4 is 4.74 Å². The number of aryl methyl sites for hydroxylation is 1. The van der Waals surface area contributed by atoms with Crippen LogP contribution in [0, 0.1) is 10.5 Å². The molecule has 1 heterocycles. The summed E-state index contributed by atoms with van der Waals surface area (Å²) in [6, 6.07) is 11.5. The quantitative estimate of drug-likeness (QED) is 0.799. The van der Waals surface area contributed by atoms with Crippen molar-refractivity contribution in [1.29, 1.82) is 0 Å². The van der Waals surface area contributed by atoms with E-state index in [0.717, 1.165) is 11.4 Å². The zero-order valence-corrected chi connectivity index (χ0v) is 10.3. The molecule has 0 N–H and O–H groups in total.